The van der Waals surface area contributed by atoms with E-state index in [1.807, 2.05) is 61.2 Å². The van der Waals surface area contributed by atoms with Gasteiger partial charge in [-0.2, -0.15) is 0 Å². The molecule has 0 bridgehead atoms. The Morgan fingerprint density at radius 1 is 0.321 bits per heavy atom. The molecular weight excluding hydrogens is 693 g/mol. The first-order valence-electron chi connectivity index (χ1n) is 18.3. The minimum Gasteiger partial charge on any atom is -0.305 e. The van der Waals surface area contributed by atoms with Crippen LogP contribution < -0.4 is 0 Å². The summed E-state index contributed by atoms with van der Waals surface area (Å²) in [5.74, 6) is 0. The molecule has 0 unspecified atom stereocenters. The normalized spacial score (nSPS) is 12.3. The van der Waals surface area contributed by atoms with E-state index in [9.17, 15) is 0 Å². The monoisotopic (exact) mass is 716 g/mol. The van der Waals surface area contributed by atoms with Crippen LogP contribution in [0, 0.1) is 0 Å². The Morgan fingerprint density at radius 3 is 1.11 bits per heavy atom. The number of hydrogen-bond donors (Lipinski definition) is 0. The van der Waals surface area contributed by atoms with Crippen molar-refractivity contribution in [2.75, 3.05) is 0 Å². The van der Waals surface area contributed by atoms with Gasteiger partial charge in [0, 0.05) is 93.4 Å². The zero-order valence-corrected chi connectivity index (χ0v) is 29.3. The zero-order valence-electron chi connectivity index (χ0n) is 29.3. The van der Waals surface area contributed by atoms with Crippen LogP contribution in [0.4, 0.5) is 0 Å². The molecule has 0 saturated carbocycles. The van der Waals surface area contributed by atoms with Crippen LogP contribution in [0.3, 0.4) is 0 Å². The van der Waals surface area contributed by atoms with Crippen molar-refractivity contribution < 1.29 is 0 Å². The lowest BCUT2D eigenvalue weighted by Crippen LogP contribution is -1.89. The zero-order chi connectivity index (χ0) is 36.5. The Morgan fingerprint density at radius 2 is 0.714 bits per heavy atom. The molecule has 13 rings (SSSR count). The quantitative estimate of drug-likeness (QED) is 0.177. The highest BCUT2D eigenvalue weighted by molar-refractivity contribution is 6.28. The van der Waals surface area contributed by atoms with Gasteiger partial charge in [0.2, 0.25) is 0 Å². The van der Waals surface area contributed by atoms with Gasteiger partial charge in [0.1, 0.15) is 22.1 Å². The van der Waals surface area contributed by atoms with E-state index >= 15 is 0 Å². The summed E-state index contributed by atoms with van der Waals surface area (Å²) in [4.78, 5) is 38.7. The molecule has 1 aromatic carbocycles. The van der Waals surface area contributed by atoms with Crippen molar-refractivity contribution in [3.63, 3.8) is 0 Å². The molecule has 0 fully saturated rings. The molecule has 0 aliphatic heterocycles. The molecule has 13 aromatic rings. The summed E-state index contributed by atoms with van der Waals surface area (Å²) in [6.07, 6.45) is 14.6. The van der Waals surface area contributed by atoms with E-state index in [0.717, 1.165) is 122 Å². The summed E-state index contributed by atoms with van der Waals surface area (Å²) >= 11 is 0. The molecule has 56 heavy (non-hydrogen) atoms. The molecule has 0 atom stereocenters. The summed E-state index contributed by atoms with van der Waals surface area (Å²) in [6.45, 7) is 0. The number of rotatable bonds is 4. The van der Waals surface area contributed by atoms with Crippen LogP contribution in [-0.4, -0.2) is 48.7 Å². The van der Waals surface area contributed by atoms with Crippen molar-refractivity contribution in [2.45, 2.75) is 0 Å². The fraction of sp³-hybridized carbons (Fsp3) is 0. The van der Waals surface area contributed by atoms with Crippen molar-refractivity contribution in [3.8, 4) is 45.0 Å². The third kappa shape index (κ3) is 3.93. The second-order valence-electron chi connectivity index (χ2n) is 14.2. The highest BCUT2D eigenvalue weighted by Gasteiger charge is 2.26. The predicted octanol–water partition coefficient (Wildman–Crippen LogP) is 9.81. The third-order valence-electron chi connectivity index (χ3n) is 11.1. The van der Waals surface area contributed by atoms with Gasteiger partial charge in [-0.1, -0.05) is 0 Å². The van der Waals surface area contributed by atoms with Crippen LogP contribution in [0.25, 0.3) is 122 Å². The van der Waals surface area contributed by atoms with E-state index in [1.165, 1.54) is 0 Å². The van der Waals surface area contributed by atoms with Crippen molar-refractivity contribution in [3.05, 3.63) is 147 Å². The third-order valence-corrected chi connectivity index (χ3v) is 11.1. The second-order valence-corrected chi connectivity index (χ2v) is 14.2. The summed E-state index contributed by atoms with van der Waals surface area (Å²) in [5.41, 5.74) is 16.8. The highest BCUT2D eigenvalue weighted by atomic mass is 15.0. The van der Waals surface area contributed by atoms with Crippen molar-refractivity contribution in [1.82, 2.24) is 48.7 Å². The van der Waals surface area contributed by atoms with E-state index in [2.05, 4.69) is 89.4 Å². The average Bonchev–Trinajstić information content (AvgIpc) is 3.99. The number of aromatic nitrogens is 10. The van der Waals surface area contributed by atoms with Gasteiger partial charge in [0.05, 0.1) is 55.9 Å². The van der Waals surface area contributed by atoms with Crippen LogP contribution in [0.15, 0.2) is 147 Å². The Kier molecular flexibility index (Phi) is 5.68. The molecule has 0 radical (unpaired) electrons. The first-order valence-corrected chi connectivity index (χ1v) is 18.3. The minimum absolute atomic E-state index is 0.842. The maximum atomic E-state index is 5.30. The second kappa shape index (κ2) is 10.8. The van der Waals surface area contributed by atoms with E-state index in [-0.39, 0.29) is 0 Å². The number of hydrogen-bond acceptors (Lipinski definition) is 8. The van der Waals surface area contributed by atoms with E-state index in [1.54, 1.807) is 24.8 Å². The minimum atomic E-state index is 0.842. The molecule has 0 spiro atoms. The molecule has 10 nitrogen and oxygen atoms in total. The van der Waals surface area contributed by atoms with Gasteiger partial charge in [-0.15, -0.1) is 0 Å². The van der Waals surface area contributed by atoms with Crippen molar-refractivity contribution in [2.24, 2.45) is 0 Å². The molecular formula is C46H24N10. The molecule has 0 aliphatic rings. The first-order chi connectivity index (χ1) is 27.8. The van der Waals surface area contributed by atoms with Gasteiger partial charge in [-0.25, -0.2) is 19.9 Å². The molecule has 12 heterocycles. The molecule has 0 saturated heterocycles. The largest absolute Gasteiger partial charge is 0.305 e. The van der Waals surface area contributed by atoms with E-state index < -0.39 is 0 Å². The van der Waals surface area contributed by atoms with Crippen molar-refractivity contribution >= 4 is 76.7 Å². The van der Waals surface area contributed by atoms with Gasteiger partial charge in [0.25, 0.3) is 0 Å². The Balaban J connectivity index is 1.18. The van der Waals surface area contributed by atoms with Crippen LogP contribution in [0.1, 0.15) is 0 Å². The molecule has 12 aromatic heterocycles. The first kappa shape index (κ1) is 29.5. The van der Waals surface area contributed by atoms with Crippen LogP contribution in [0.5, 0.6) is 0 Å². The van der Waals surface area contributed by atoms with Gasteiger partial charge < -0.3 is 8.80 Å². The number of nitrogens with zero attached hydrogens (tertiary/aromatic N) is 10. The summed E-state index contributed by atoms with van der Waals surface area (Å²) < 4.78 is 4.67. The predicted molar refractivity (Wildman–Crippen MR) is 220 cm³/mol. The maximum Gasteiger partial charge on any atom is 0.116 e. The molecule has 0 N–H and O–H groups in total. The summed E-state index contributed by atoms with van der Waals surface area (Å²) in [6, 6.07) is 33.5. The standard InChI is InChI=1S/C46H24N10/c1-5-25(21-47-13-1)33-9-11-37-41(51-33)43-45-31(18-35(53-43)27-7-3-15-49-23-27)29-17-30-32-19-36(28-8-4-16-50-24-28)54-44-42-38(12-10-34(52-42)26-6-2-14-48-22-26)56(46(32)44)40(30)20-39(29)55(37)45/h1-24H. The van der Waals surface area contributed by atoms with Gasteiger partial charge >= 0.3 is 0 Å². The Labute approximate surface area is 316 Å². The number of benzene rings is 1. The lowest BCUT2D eigenvalue weighted by atomic mass is 10.0. The fourth-order valence-corrected chi connectivity index (χ4v) is 8.68. The van der Waals surface area contributed by atoms with Gasteiger partial charge in [-0.05, 0) is 97.1 Å². The number of pyridine rings is 8. The molecule has 0 aliphatic carbocycles. The lowest BCUT2D eigenvalue weighted by Gasteiger charge is -2.05. The van der Waals surface area contributed by atoms with E-state index in [4.69, 9.17) is 19.9 Å². The van der Waals surface area contributed by atoms with Gasteiger partial charge in [-0.3, -0.25) is 19.9 Å². The maximum absolute atomic E-state index is 5.30. The Hall–Kier alpha value is -7.98. The Bertz CT molecular complexity index is 3440. The topological polar surface area (TPSA) is 112 Å². The highest BCUT2D eigenvalue weighted by Crippen LogP contribution is 2.45. The summed E-state index contributed by atoms with van der Waals surface area (Å²) in [5, 5.41) is 4.48. The molecule has 10 heteroatoms. The van der Waals surface area contributed by atoms with Crippen molar-refractivity contribution in [1.29, 1.82) is 0 Å². The van der Waals surface area contributed by atoms with Crippen LogP contribution in [-0.2, 0) is 0 Å². The smallest absolute Gasteiger partial charge is 0.116 e. The SMILES string of the molecule is c1cncc(-c2ccc3c(n2)c2nc(-c4cccnc4)cc4c5cc6c7cc(-c8cccnc8)nc8c9nc(-c%10cccnc%10)ccc9n(c6cc5n3c42)c78)c1. The van der Waals surface area contributed by atoms with Crippen LogP contribution >= 0.6 is 0 Å². The van der Waals surface area contributed by atoms with Gasteiger partial charge in [0.15, 0.2) is 0 Å². The average molecular weight is 717 g/mol. The van der Waals surface area contributed by atoms with Crippen LogP contribution in [0.2, 0.25) is 0 Å². The number of fused-ring (bicyclic) bond motifs is 12. The summed E-state index contributed by atoms with van der Waals surface area (Å²) in [7, 11) is 0. The van der Waals surface area contributed by atoms with E-state index in [0.29, 0.717) is 0 Å². The lowest BCUT2D eigenvalue weighted by molar-refractivity contribution is 1.29. The molecule has 0 amide bonds. The fourth-order valence-electron chi connectivity index (χ4n) is 8.68. The molecule has 258 valence electrons.